The average molecular weight is 466 g/mol. The maximum Gasteiger partial charge on any atom is 0.410 e. The van der Waals surface area contributed by atoms with Crippen molar-refractivity contribution in [2.75, 3.05) is 42.9 Å². The molecule has 0 bridgehead atoms. The predicted octanol–water partition coefficient (Wildman–Crippen LogP) is 3.24. The largest absolute Gasteiger partial charge is 0.444 e. The van der Waals surface area contributed by atoms with Gasteiger partial charge in [0.2, 0.25) is 0 Å². The van der Waals surface area contributed by atoms with Crippen molar-refractivity contribution in [3.63, 3.8) is 0 Å². The lowest BCUT2D eigenvalue weighted by atomic mass is 10.2. The first kappa shape index (κ1) is 22.1. The summed E-state index contributed by atoms with van der Waals surface area (Å²) in [4.78, 5) is 29.2. The first-order valence-electron chi connectivity index (χ1n) is 11.4. The van der Waals surface area contributed by atoms with E-state index in [1.165, 1.54) is 6.07 Å². The normalized spacial score (nSPS) is 16.5. The van der Waals surface area contributed by atoms with Crippen LogP contribution in [-0.4, -0.2) is 63.9 Å². The van der Waals surface area contributed by atoms with Gasteiger partial charge >= 0.3 is 6.09 Å². The first-order valence-corrected chi connectivity index (χ1v) is 11.4. The number of piperazine rings is 1. The second-order valence-electron chi connectivity index (χ2n) is 9.45. The van der Waals surface area contributed by atoms with Gasteiger partial charge in [0.1, 0.15) is 22.9 Å². The molecule has 0 aliphatic carbocycles. The smallest absolute Gasteiger partial charge is 0.410 e. The summed E-state index contributed by atoms with van der Waals surface area (Å²) >= 11 is 0. The molecule has 1 aromatic rings. The molecule has 5 rings (SSSR count). The number of ether oxygens (including phenoxy) is 1. The molecule has 4 heterocycles. The summed E-state index contributed by atoms with van der Waals surface area (Å²) in [6.45, 7) is 9.44. The average Bonchev–Trinajstić information content (AvgIpc) is 3.29. The van der Waals surface area contributed by atoms with Crippen molar-refractivity contribution < 1.29 is 13.9 Å². The molecule has 4 aliphatic heterocycles. The Balaban J connectivity index is 1.32. The Labute approximate surface area is 197 Å². The molecule has 1 saturated heterocycles. The maximum absolute atomic E-state index is 14.9. The molecule has 178 valence electrons. The highest BCUT2D eigenvalue weighted by molar-refractivity contribution is 5.68. The summed E-state index contributed by atoms with van der Waals surface area (Å²) in [5.74, 6) is 1.33. The van der Waals surface area contributed by atoms with Crippen LogP contribution in [0, 0.1) is 5.82 Å². The van der Waals surface area contributed by atoms with Crippen LogP contribution in [0.25, 0.3) is 11.4 Å². The Bertz CT molecular complexity index is 1260. The van der Waals surface area contributed by atoms with Gasteiger partial charge in [-0.3, -0.25) is 0 Å². The van der Waals surface area contributed by atoms with Crippen molar-refractivity contribution >= 4 is 23.3 Å². The van der Waals surface area contributed by atoms with Gasteiger partial charge < -0.3 is 24.4 Å². The van der Waals surface area contributed by atoms with Crippen LogP contribution in [0.3, 0.4) is 0 Å². The number of amides is 1. The van der Waals surface area contributed by atoms with E-state index in [0.717, 1.165) is 36.0 Å². The van der Waals surface area contributed by atoms with Crippen molar-refractivity contribution in [1.82, 2.24) is 19.4 Å². The number of nitrogens with one attached hydrogen (secondary N) is 1. The SMILES string of the molecule is CC(C)(C)OC(=O)N1CCN(c2ccc(N=c3ncc4ccc5n(c-4n3)CCN5)c(F)c2)CC1. The van der Waals surface area contributed by atoms with E-state index in [1.807, 2.05) is 43.9 Å². The maximum atomic E-state index is 14.9. The fourth-order valence-corrected chi connectivity index (χ4v) is 4.17. The number of carbonyl (C=O) groups excluding carboxylic acids is 1. The number of nitrogens with zero attached hydrogens (tertiary/aromatic N) is 6. The van der Waals surface area contributed by atoms with E-state index < -0.39 is 11.4 Å². The number of rotatable bonds is 2. The highest BCUT2D eigenvalue weighted by atomic mass is 19.1. The number of hydrogen-bond acceptors (Lipinski definition) is 7. The van der Waals surface area contributed by atoms with Crippen LogP contribution in [0.4, 0.5) is 26.4 Å². The van der Waals surface area contributed by atoms with E-state index in [1.54, 1.807) is 17.2 Å². The molecule has 0 atom stereocenters. The summed E-state index contributed by atoms with van der Waals surface area (Å²) in [5, 5.41) is 3.31. The molecule has 0 aromatic heterocycles. The quantitative estimate of drug-likeness (QED) is 0.625. The Kier molecular flexibility index (Phi) is 5.59. The number of anilines is 2. The zero-order chi connectivity index (χ0) is 23.9. The van der Waals surface area contributed by atoms with Crippen molar-refractivity contribution in [2.45, 2.75) is 32.9 Å². The van der Waals surface area contributed by atoms with Crippen molar-refractivity contribution in [3.05, 3.63) is 48.0 Å². The van der Waals surface area contributed by atoms with Gasteiger partial charge in [0, 0.05) is 56.7 Å². The van der Waals surface area contributed by atoms with Gasteiger partial charge in [-0.25, -0.2) is 19.2 Å². The fourth-order valence-electron chi connectivity index (χ4n) is 4.17. The lowest BCUT2D eigenvalue weighted by Gasteiger charge is -2.36. The molecule has 4 aliphatic rings. The van der Waals surface area contributed by atoms with Crippen molar-refractivity contribution in [3.8, 4) is 11.4 Å². The van der Waals surface area contributed by atoms with Gasteiger partial charge in [-0.15, -0.1) is 0 Å². The second kappa shape index (κ2) is 8.58. The second-order valence-corrected chi connectivity index (χ2v) is 9.45. The number of fused-ring (bicyclic) bond motifs is 3. The van der Waals surface area contributed by atoms with Crippen LogP contribution in [0.15, 0.2) is 41.5 Å². The zero-order valence-corrected chi connectivity index (χ0v) is 19.6. The van der Waals surface area contributed by atoms with Gasteiger partial charge in [0.25, 0.3) is 5.62 Å². The molecule has 0 radical (unpaired) electrons. The molecule has 0 unspecified atom stereocenters. The molecule has 1 N–H and O–H groups in total. The molecular formula is C24H28FN7O2. The number of halogens is 1. The zero-order valence-electron chi connectivity index (χ0n) is 19.6. The van der Waals surface area contributed by atoms with E-state index in [4.69, 9.17) is 4.74 Å². The van der Waals surface area contributed by atoms with Gasteiger partial charge in [-0.1, -0.05) is 0 Å². The van der Waals surface area contributed by atoms with Gasteiger partial charge in [-0.2, -0.15) is 4.98 Å². The van der Waals surface area contributed by atoms with Crippen LogP contribution in [0.1, 0.15) is 20.8 Å². The van der Waals surface area contributed by atoms with Gasteiger partial charge in [-0.05, 0) is 51.1 Å². The number of carbonyl (C=O) groups is 1. The van der Waals surface area contributed by atoms with E-state index in [9.17, 15) is 9.18 Å². The third-order valence-electron chi connectivity index (χ3n) is 5.84. The van der Waals surface area contributed by atoms with Crippen LogP contribution >= 0.6 is 0 Å². The molecular weight excluding hydrogens is 437 g/mol. The minimum absolute atomic E-state index is 0.186. The molecule has 10 heteroatoms. The fraction of sp³-hybridized carbons (Fsp3) is 0.417. The third-order valence-corrected chi connectivity index (χ3v) is 5.84. The van der Waals surface area contributed by atoms with Crippen LogP contribution in [-0.2, 0) is 11.3 Å². The van der Waals surface area contributed by atoms with E-state index >= 15 is 0 Å². The Hall–Kier alpha value is -3.69. The summed E-state index contributed by atoms with van der Waals surface area (Å²) < 4.78 is 22.5. The molecule has 1 fully saturated rings. The predicted molar refractivity (Wildman–Crippen MR) is 127 cm³/mol. The number of aromatic nitrogens is 3. The third kappa shape index (κ3) is 4.52. The monoisotopic (exact) mass is 465 g/mol. The Morgan fingerprint density at radius 2 is 1.91 bits per heavy atom. The van der Waals surface area contributed by atoms with E-state index in [0.29, 0.717) is 26.2 Å². The Morgan fingerprint density at radius 1 is 1.12 bits per heavy atom. The highest BCUT2D eigenvalue weighted by Gasteiger charge is 2.26. The van der Waals surface area contributed by atoms with Gasteiger partial charge in [0.05, 0.1) is 0 Å². The standard InChI is InChI=1S/C24H28FN7O2/c1-24(2,3)34-23(33)31-12-10-30(11-13-31)17-5-6-19(18(25)14-17)28-22-27-15-16-4-7-20-26-8-9-32(20)21(16)29-22/h4-7,14-15,26H,8-13H2,1-3H3. The van der Waals surface area contributed by atoms with E-state index in [2.05, 4.69) is 24.8 Å². The van der Waals surface area contributed by atoms with Crippen LogP contribution in [0.5, 0.6) is 0 Å². The minimum atomic E-state index is -0.527. The number of hydrogen-bond donors (Lipinski definition) is 1. The van der Waals surface area contributed by atoms with E-state index in [-0.39, 0.29) is 17.4 Å². The molecule has 1 aromatic carbocycles. The molecule has 0 saturated carbocycles. The van der Waals surface area contributed by atoms with Crippen molar-refractivity contribution in [1.29, 1.82) is 0 Å². The van der Waals surface area contributed by atoms with Crippen molar-refractivity contribution in [2.24, 2.45) is 4.99 Å². The molecule has 34 heavy (non-hydrogen) atoms. The first-order chi connectivity index (χ1) is 16.3. The summed E-state index contributed by atoms with van der Waals surface area (Å²) in [6, 6.07) is 8.91. The summed E-state index contributed by atoms with van der Waals surface area (Å²) in [5.41, 5.74) is 1.54. The number of benzene rings is 1. The number of pyridine rings is 1. The summed E-state index contributed by atoms with van der Waals surface area (Å²) in [7, 11) is 0. The Morgan fingerprint density at radius 3 is 2.65 bits per heavy atom. The lowest BCUT2D eigenvalue weighted by molar-refractivity contribution is 0.0240. The van der Waals surface area contributed by atoms with Gasteiger partial charge in [0.15, 0.2) is 5.82 Å². The molecule has 1 amide bonds. The lowest BCUT2D eigenvalue weighted by Crippen LogP contribution is -2.50. The summed E-state index contributed by atoms with van der Waals surface area (Å²) in [6.07, 6.45) is 1.39. The van der Waals surface area contributed by atoms with Crippen LogP contribution < -0.4 is 15.8 Å². The molecule has 0 spiro atoms. The minimum Gasteiger partial charge on any atom is -0.444 e. The highest BCUT2D eigenvalue weighted by Crippen LogP contribution is 2.27. The molecule has 9 nitrogen and oxygen atoms in total. The van der Waals surface area contributed by atoms with Crippen LogP contribution in [0.2, 0.25) is 0 Å². The topological polar surface area (TPSA) is 87.9 Å².